The lowest BCUT2D eigenvalue weighted by molar-refractivity contribution is -0.158. The van der Waals surface area contributed by atoms with Gasteiger partial charge < -0.3 is 14.2 Å². The van der Waals surface area contributed by atoms with Crippen molar-refractivity contribution in [3.05, 3.63) is 35.6 Å². The molecule has 0 N–H and O–H groups in total. The maximum atomic E-state index is 11.9. The fourth-order valence-electron chi connectivity index (χ4n) is 1.88. The van der Waals surface area contributed by atoms with Crippen LogP contribution in [0, 0.1) is 6.92 Å². The van der Waals surface area contributed by atoms with Crippen molar-refractivity contribution in [1.82, 2.24) is 0 Å². The summed E-state index contributed by atoms with van der Waals surface area (Å²) in [5.41, 5.74) is 2.01. The van der Waals surface area contributed by atoms with Crippen LogP contribution < -0.4 is 4.74 Å². The van der Waals surface area contributed by atoms with Gasteiger partial charge in [-0.25, -0.2) is 4.79 Å². The van der Waals surface area contributed by atoms with Crippen molar-refractivity contribution in [3.63, 3.8) is 0 Å². The first-order chi connectivity index (χ1) is 9.81. The highest BCUT2D eigenvalue weighted by Crippen LogP contribution is 2.27. The number of carbonyl (C=O) groups excluding carboxylic acids is 1. The second-order valence-corrected chi connectivity index (χ2v) is 5.35. The molecule has 0 aliphatic carbocycles. The summed E-state index contributed by atoms with van der Waals surface area (Å²) < 4.78 is 15.9. The SMILES string of the molecule is CCOC(=O)C(C)(C)Oc1ccc(/C(C)=C/OC)cc1C. The monoisotopic (exact) mass is 292 g/mol. The van der Waals surface area contributed by atoms with E-state index in [1.165, 1.54) is 0 Å². The topological polar surface area (TPSA) is 44.8 Å². The van der Waals surface area contributed by atoms with Gasteiger partial charge in [0.05, 0.1) is 20.0 Å². The van der Waals surface area contributed by atoms with Gasteiger partial charge in [0.2, 0.25) is 0 Å². The van der Waals surface area contributed by atoms with Crippen LogP contribution in [0.15, 0.2) is 24.5 Å². The number of hydrogen-bond donors (Lipinski definition) is 0. The molecule has 0 aliphatic rings. The molecule has 4 nitrogen and oxygen atoms in total. The van der Waals surface area contributed by atoms with Crippen LogP contribution in [0.4, 0.5) is 0 Å². The Hall–Kier alpha value is -1.97. The molecule has 1 aromatic rings. The zero-order valence-electron chi connectivity index (χ0n) is 13.6. The Morgan fingerprint density at radius 1 is 1.33 bits per heavy atom. The molecule has 0 amide bonds. The predicted molar refractivity (Wildman–Crippen MR) is 83.2 cm³/mol. The van der Waals surface area contributed by atoms with Gasteiger partial charge in [-0.1, -0.05) is 6.07 Å². The number of rotatable bonds is 6. The van der Waals surface area contributed by atoms with Gasteiger partial charge in [0, 0.05) is 0 Å². The van der Waals surface area contributed by atoms with Crippen LogP contribution in [0.3, 0.4) is 0 Å². The minimum Gasteiger partial charge on any atom is -0.504 e. The highest BCUT2D eigenvalue weighted by molar-refractivity contribution is 5.79. The maximum Gasteiger partial charge on any atom is 0.349 e. The normalized spacial score (nSPS) is 12.0. The van der Waals surface area contributed by atoms with Gasteiger partial charge in [0.15, 0.2) is 5.60 Å². The van der Waals surface area contributed by atoms with Gasteiger partial charge in [0.25, 0.3) is 0 Å². The molecule has 0 saturated heterocycles. The predicted octanol–water partition coefficient (Wildman–Crippen LogP) is 3.72. The number of carbonyl (C=O) groups is 1. The van der Waals surface area contributed by atoms with Crippen LogP contribution in [0.2, 0.25) is 0 Å². The molecule has 0 unspecified atom stereocenters. The van der Waals surface area contributed by atoms with Crippen molar-refractivity contribution in [2.24, 2.45) is 0 Å². The van der Waals surface area contributed by atoms with Crippen molar-refractivity contribution in [3.8, 4) is 5.75 Å². The summed E-state index contributed by atoms with van der Waals surface area (Å²) in [4.78, 5) is 11.9. The molecule has 1 aromatic carbocycles. The first-order valence-electron chi connectivity index (χ1n) is 6.98. The summed E-state index contributed by atoms with van der Waals surface area (Å²) in [5.74, 6) is 0.297. The minimum absolute atomic E-state index is 0.338. The summed E-state index contributed by atoms with van der Waals surface area (Å²) in [6, 6.07) is 5.80. The van der Waals surface area contributed by atoms with Crippen molar-refractivity contribution in [2.45, 2.75) is 40.2 Å². The molecule has 0 bridgehead atoms. The zero-order chi connectivity index (χ0) is 16.0. The summed E-state index contributed by atoms with van der Waals surface area (Å²) in [6.45, 7) is 9.44. The molecule has 0 aromatic heterocycles. The third-order valence-corrected chi connectivity index (χ3v) is 3.06. The standard InChI is InChI=1S/C17H24O4/c1-7-20-16(18)17(4,5)21-15-9-8-14(10-12(15)2)13(3)11-19-6/h8-11H,7H2,1-6H3/b13-11+. The molecule has 0 radical (unpaired) electrons. The molecule has 0 fully saturated rings. The molecule has 1 rings (SSSR count). The van der Waals surface area contributed by atoms with E-state index in [9.17, 15) is 4.79 Å². The van der Waals surface area contributed by atoms with Crippen molar-refractivity contribution < 1.29 is 19.0 Å². The molecule has 0 spiro atoms. The lowest BCUT2D eigenvalue weighted by atomic mass is 10.0. The van der Waals surface area contributed by atoms with E-state index in [1.807, 2.05) is 32.0 Å². The Morgan fingerprint density at radius 2 is 2.00 bits per heavy atom. The van der Waals surface area contributed by atoms with Crippen molar-refractivity contribution >= 4 is 11.5 Å². The Labute approximate surface area is 126 Å². The molecule has 21 heavy (non-hydrogen) atoms. The number of allylic oxidation sites excluding steroid dienone is 1. The van der Waals surface area contributed by atoms with Gasteiger partial charge in [-0.2, -0.15) is 0 Å². The van der Waals surface area contributed by atoms with Crippen LogP contribution in [0.25, 0.3) is 5.57 Å². The fourth-order valence-corrected chi connectivity index (χ4v) is 1.88. The Kier molecular flexibility index (Phi) is 5.82. The van der Waals surface area contributed by atoms with Crippen molar-refractivity contribution in [2.75, 3.05) is 13.7 Å². The largest absolute Gasteiger partial charge is 0.504 e. The Bertz CT molecular complexity index is 530. The van der Waals surface area contributed by atoms with E-state index >= 15 is 0 Å². The van der Waals surface area contributed by atoms with E-state index in [1.54, 1.807) is 34.1 Å². The van der Waals surface area contributed by atoms with E-state index < -0.39 is 5.60 Å². The zero-order valence-corrected chi connectivity index (χ0v) is 13.6. The smallest absolute Gasteiger partial charge is 0.349 e. The summed E-state index contributed by atoms with van der Waals surface area (Å²) in [7, 11) is 1.62. The van der Waals surface area contributed by atoms with Gasteiger partial charge in [-0.05, 0) is 63.5 Å². The number of ether oxygens (including phenoxy) is 3. The molecular weight excluding hydrogens is 268 g/mol. The van der Waals surface area contributed by atoms with E-state index in [0.717, 1.165) is 16.7 Å². The van der Waals surface area contributed by atoms with Gasteiger partial charge in [-0.3, -0.25) is 0 Å². The van der Waals surface area contributed by atoms with E-state index in [4.69, 9.17) is 14.2 Å². The van der Waals surface area contributed by atoms with Crippen LogP contribution in [-0.2, 0) is 14.3 Å². The maximum absolute atomic E-state index is 11.9. The minimum atomic E-state index is -1.01. The highest BCUT2D eigenvalue weighted by atomic mass is 16.6. The first kappa shape index (κ1) is 17.1. The van der Waals surface area contributed by atoms with Crippen molar-refractivity contribution in [1.29, 1.82) is 0 Å². The van der Waals surface area contributed by atoms with E-state index in [-0.39, 0.29) is 5.97 Å². The van der Waals surface area contributed by atoms with Crippen LogP contribution in [-0.4, -0.2) is 25.3 Å². The quantitative estimate of drug-likeness (QED) is 0.592. The average molecular weight is 292 g/mol. The molecule has 0 saturated carbocycles. The summed E-state index contributed by atoms with van der Waals surface area (Å²) in [5, 5.41) is 0. The molecule has 0 atom stereocenters. The molecule has 0 aliphatic heterocycles. The van der Waals surface area contributed by atoms with Crippen LogP contribution >= 0.6 is 0 Å². The first-order valence-corrected chi connectivity index (χ1v) is 6.98. The number of hydrogen-bond acceptors (Lipinski definition) is 4. The third kappa shape index (κ3) is 4.52. The summed E-state index contributed by atoms with van der Waals surface area (Å²) in [6.07, 6.45) is 1.69. The van der Waals surface area contributed by atoms with Gasteiger partial charge in [0.1, 0.15) is 5.75 Å². The highest BCUT2D eigenvalue weighted by Gasteiger charge is 2.32. The van der Waals surface area contributed by atoms with E-state index in [0.29, 0.717) is 12.4 Å². The van der Waals surface area contributed by atoms with Gasteiger partial charge in [-0.15, -0.1) is 0 Å². The molecule has 116 valence electrons. The number of methoxy groups -OCH3 is 1. The Balaban J connectivity index is 2.96. The number of esters is 1. The molecule has 4 heteroatoms. The third-order valence-electron chi connectivity index (χ3n) is 3.06. The number of benzene rings is 1. The lowest BCUT2D eigenvalue weighted by Crippen LogP contribution is -2.39. The fraction of sp³-hybridized carbons (Fsp3) is 0.471. The number of aryl methyl sites for hydroxylation is 1. The second kappa shape index (κ2) is 7.16. The molecule has 0 heterocycles. The molecular formula is C17H24O4. The lowest BCUT2D eigenvalue weighted by Gasteiger charge is -2.25. The summed E-state index contributed by atoms with van der Waals surface area (Å²) >= 11 is 0. The van der Waals surface area contributed by atoms with Crippen LogP contribution in [0.1, 0.15) is 38.8 Å². The van der Waals surface area contributed by atoms with Gasteiger partial charge >= 0.3 is 5.97 Å². The van der Waals surface area contributed by atoms with Crippen LogP contribution in [0.5, 0.6) is 5.75 Å². The van der Waals surface area contributed by atoms with E-state index in [2.05, 4.69) is 0 Å². The average Bonchev–Trinajstić information content (AvgIpc) is 2.41. The second-order valence-electron chi connectivity index (χ2n) is 5.35. The Morgan fingerprint density at radius 3 is 2.52 bits per heavy atom.